The molecule has 0 radical (unpaired) electrons. The smallest absolute Gasteiger partial charge is 0.301 e. The second-order valence-electron chi connectivity index (χ2n) is 9.42. The monoisotopic (exact) mass is 539 g/mol. The van der Waals surface area contributed by atoms with Crippen LogP contribution < -0.4 is 4.90 Å². The Labute approximate surface area is 225 Å². The van der Waals surface area contributed by atoms with Crippen molar-refractivity contribution in [1.82, 2.24) is 14.4 Å². The molecule has 0 spiro atoms. The second-order valence-corrected chi connectivity index (χ2v) is 10.4. The topological polar surface area (TPSA) is 131 Å². The summed E-state index contributed by atoms with van der Waals surface area (Å²) in [4.78, 5) is 48.3. The van der Waals surface area contributed by atoms with Crippen LogP contribution in [0.15, 0.2) is 66.4 Å². The third kappa shape index (κ3) is 3.77. The van der Waals surface area contributed by atoms with Crippen LogP contribution >= 0.6 is 11.3 Å². The van der Waals surface area contributed by atoms with E-state index in [-0.39, 0.29) is 22.1 Å². The number of rotatable bonds is 4. The van der Waals surface area contributed by atoms with Gasteiger partial charge >= 0.3 is 5.91 Å². The van der Waals surface area contributed by atoms with Crippen LogP contribution in [0.5, 0.6) is 0 Å². The third-order valence-corrected chi connectivity index (χ3v) is 7.93. The summed E-state index contributed by atoms with van der Waals surface area (Å²) in [5, 5.41) is 23.1. The molecule has 0 bridgehead atoms. The molecule has 5 aromatic rings. The van der Waals surface area contributed by atoms with E-state index in [1.54, 1.807) is 17.5 Å². The number of non-ortho nitro benzene ring substituents is 1. The zero-order valence-electron chi connectivity index (χ0n) is 21.1. The predicted molar refractivity (Wildman–Crippen MR) is 147 cm³/mol. The zero-order valence-corrected chi connectivity index (χ0v) is 21.9. The first-order valence-electron chi connectivity index (χ1n) is 12.0. The summed E-state index contributed by atoms with van der Waals surface area (Å²) in [5.41, 5.74) is 4.04. The van der Waals surface area contributed by atoms with Gasteiger partial charge in [-0.25, -0.2) is 9.97 Å². The Morgan fingerprint density at radius 2 is 1.79 bits per heavy atom. The summed E-state index contributed by atoms with van der Waals surface area (Å²) in [6.07, 6.45) is 1.80. The highest BCUT2D eigenvalue weighted by Gasteiger charge is 2.48. The standard InChI is InChI=1S/C28H21N5O5S/c1-14-6-11-19-20(13-14)39-28(29-19)32-23(17-7-9-18(10-8-17)33(37)38)21(25(35)27(32)36)24(34)22-16(3)31-12-4-5-15(2)26(31)30-22/h4-13,23,34H,1-3H3. The van der Waals surface area contributed by atoms with Crippen molar-refractivity contribution < 1.29 is 19.6 Å². The fourth-order valence-electron chi connectivity index (χ4n) is 4.92. The number of fused-ring (bicyclic) bond motifs is 2. The maximum absolute atomic E-state index is 13.6. The van der Waals surface area contributed by atoms with Crippen molar-refractivity contribution in [2.75, 3.05) is 4.90 Å². The van der Waals surface area contributed by atoms with Gasteiger partial charge in [-0.05, 0) is 67.8 Å². The highest BCUT2D eigenvalue weighted by molar-refractivity contribution is 7.22. The number of imidazole rings is 1. The number of hydrogen-bond donors (Lipinski definition) is 1. The number of nitrogens with zero attached hydrogens (tertiary/aromatic N) is 5. The number of Topliss-reactive ketones (excluding diaryl/α,β-unsaturated/α-hetero) is 1. The lowest BCUT2D eigenvalue weighted by atomic mass is 9.96. The molecule has 1 aliphatic rings. The van der Waals surface area contributed by atoms with Gasteiger partial charge in [0, 0.05) is 18.3 Å². The highest BCUT2D eigenvalue weighted by Crippen LogP contribution is 2.44. The maximum Gasteiger partial charge on any atom is 0.301 e. The predicted octanol–water partition coefficient (Wildman–Crippen LogP) is 5.40. The third-order valence-electron chi connectivity index (χ3n) is 6.91. The summed E-state index contributed by atoms with van der Waals surface area (Å²) < 4.78 is 2.64. The summed E-state index contributed by atoms with van der Waals surface area (Å²) in [6.45, 7) is 5.60. The lowest BCUT2D eigenvalue weighted by Crippen LogP contribution is -2.29. The van der Waals surface area contributed by atoms with Crippen LogP contribution in [-0.4, -0.2) is 36.1 Å². The summed E-state index contributed by atoms with van der Waals surface area (Å²) in [7, 11) is 0. The van der Waals surface area contributed by atoms with E-state index in [4.69, 9.17) is 0 Å². The number of aryl methyl sites for hydroxylation is 3. The van der Waals surface area contributed by atoms with Crippen LogP contribution in [0, 0.1) is 30.9 Å². The number of aromatic nitrogens is 3. The van der Waals surface area contributed by atoms with E-state index in [2.05, 4.69) is 9.97 Å². The maximum atomic E-state index is 13.6. The number of aliphatic hydroxyl groups excluding tert-OH is 1. The molecule has 11 heteroatoms. The number of nitro benzene ring substituents is 1. The number of aliphatic hydroxyl groups is 1. The number of carbonyl (C=O) groups is 2. The molecule has 39 heavy (non-hydrogen) atoms. The molecule has 1 amide bonds. The van der Waals surface area contributed by atoms with Crippen molar-refractivity contribution in [3.8, 4) is 0 Å². The lowest BCUT2D eigenvalue weighted by molar-refractivity contribution is -0.384. The molecule has 1 saturated heterocycles. The number of pyridine rings is 1. The number of nitro groups is 1. The summed E-state index contributed by atoms with van der Waals surface area (Å²) in [6, 6.07) is 13.9. The van der Waals surface area contributed by atoms with Crippen LogP contribution in [-0.2, 0) is 9.59 Å². The number of hydrogen-bond acceptors (Lipinski definition) is 8. The zero-order chi connectivity index (χ0) is 27.6. The molecule has 6 rings (SSSR count). The molecule has 1 N–H and O–H groups in total. The first kappa shape index (κ1) is 24.4. The van der Waals surface area contributed by atoms with Crippen molar-refractivity contribution >= 4 is 55.5 Å². The first-order chi connectivity index (χ1) is 18.7. The van der Waals surface area contributed by atoms with E-state index in [1.807, 2.05) is 44.2 Å². The molecule has 4 heterocycles. The van der Waals surface area contributed by atoms with Gasteiger partial charge in [0.25, 0.3) is 11.5 Å². The molecule has 194 valence electrons. The van der Waals surface area contributed by atoms with E-state index in [1.165, 1.54) is 40.5 Å². The van der Waals surface area contributed by atoms with Gasteiger partial charge in [-0.1, -0.05) is 23.5 Å². The van der Waals surface area contributed by atoms with Crippen LogP contribution in [0.3, 0.4) is 0 Å². The SMILES string of the molecule is Cc1ccc2nc(N3C(=O)C(=O)C(=C(O)c4nc5c(C)cccn5c4C)C3c3ccc([N+](=O)[O-])cc3)sc2c1. The molecule has 0 saturated carbocycles. The van der Waals surface area contributed by atoms with E-state index >= 15 is 0 Å². The van der Waals surface area contributed by atoms with Gasteiger partial charge < -0.3 is 9.51 Å². The van der Waals surface area contributed by atoms with Gasteiger partial charge in [0.05, 0.1) is 32.4 Å². The van der Waals surface area contributed by atoms with E-state index in [0.717, 1.165) is 15.8 Å². The Balaban J connectivity index is 1.59. The summed E-state index contributed by atoms with van der Waals surface area (Å²) in [5.74, 6) is -2.16. The van der Waals surface area contributed by atoms with Crippen molar-refractivity contribution in [1.29, 1.82) is 0 Å². The Kier molecular flexibility index (Phi) is 5.54. The largest absolute Gasteiger partial charge is 0.505 e. The fourth-order valence-corrected chi connectivity index (χ4v) is 6.01. The fraction of sp³-hybridized carbons (Fsp3) is 0.143. The van der Waals surface area contributed by atoms with Crippen LogP contribution in [0.2, 0.25) is 0 Å². The normalized spacial score (nSPS) is 17.0. The number of carbonyl (C=O) groups excluding carboxylic acids is 2. The van der Waals surface area contributed by atoms with Crippen molar-refractivity contribution in [2.24, 2.45) is 0 Å². The second kappa shape index (κ2) is 8.84. The minimum absolute atomic E-state index is 0.141. The molecule has 0 aliphatic carbocycles. The molecule has 1 aliphatic heterocycles. The average Bonchev–Trinajstić information content (AvgIpc) is 3.56. The van der Waals surface area contributed by atoms with Crippen molar-refractivity contribution in [2.45, 2.75) is 26.8 Å². The molecule has 1 atom stereocenters. The number of amides is 1. The highest BCUT2D eigenvalue weighted by atomic mass is 32.1. The van der Waals surface area contributed by atoms with Crippen LogP contribution in [0.25, 0.3) is 21.6 Å². The van der Waals surface area contributed by atoms with Gasteiger partial charge in [-0.3, -0.25) is 24.6 Å². The van der Waals surface area contributed by atoms with Crippen molar-refractivity contribution in [3.05, 3.63) is 105 Å². The number of benzene rings is 2. The Morgan fingerprint density at radius 1 is 1.05 bits per heavy atom. The minimum Gasteiger partial charge on any atom is -0.505 e. The quantitative estimate of drug-likeness (QED) is 0.106. The Morgan fingerprint density at radius 3 is 2.49 bits per heavy atom. The van der Waals surface area contributed by atoms with Gasteiger partial charge in [-0.15, -0.1) is 0 Å². The molecule has 1 fully saturated rings. The van der Waals surface area contributed by atoms with Gasteiger partial charge in [-0.2, -0.15) is 0 Å². The molecule has 10 nitrogen and oxygen atoms in total. The lowest BCUT2D eigenvalue weighted by Gasteiger charge is -2.22. The van der Waals surface area contributed by atoms with E-state index in [0.29, 0.717) is 22.4 Å². The Hall–Kier alpha value is -4.90. The minimum atomic E-state index is -1.07. The van der Waals surface area contributed by atoms with Crippen LogP contribution in [0.4, 0.5) is 10.8 Å². The van der Waals surface area contributed by atoms with Crippen molar-refractivity contribution in [3.63, 3.8) is 0 Å². The molecule has 2 aromatic carbocycles. The first-order valence-corrected chi connectivity index (χ1v) is 12.8. The van der Waals surface area contributed by atoms with E-state index < -0.39 is 28.4 Å². The molecular formula is C28H21N5O5S. The number of anilines is 1. The van der Waals surface area contributed by atoms with Gasteiger partial charge in [0.15, 0.2) is 10.9 Å². The molecular weight excluding hydrogens is 518 g/mol. The van der Waals surface area contributed by atoms with E-state index in [9.17, 15) is 24.8 Å². The van der Waals surface area contributed by atoms with Crippen LogP contribution in [0.1, 0.15) is 34.1 Å². The molecule has 1 unspecified atom stereocenters. The Bertz CT molecular complexity index is 1890. The number of ketones is 1. The summed E-state index contributed by atoms with van der Waals surface area (Å²) >= 11 is 1.25. The van der Waals surface area contributed by atoms with Gasteiger partial charge in [0.1, 0.15) is 11.3 Å². The van der Waals surface area contributed by atoms with Gasteiger partial charge in [0.2, 0.25) is 0 Å². The number of thiazole rings is 1. The molecule has 3 aromatic heterocycles. The average molecular weight is 540 g/mol.